The largest absolute Gasteiger partial charge is 0.444 e. The number of aliphatic hydroxyl groups excluding tert-OH is 1. The van der Waals surface area contributed by atoms with Gasteiger partial charge in [-0.25, -0.2) is 9.78 Å². The number of hydrogen-bond acceptors (Lipinski definition) is 5. The Morgan fingerprint density at radius 1 is 1.41 bits per heavy atom. The monoisotopic (exact) mass is 306 g/mol. The summed E-state index contributed by atoms with van der Waals surface area (Å²) in [4.78, 5) is 16.1. The number of alkyl carbamates (subject to hydrolysis) is 1. The average molecular weight is 306 g/mol. The average Bonchev–Trinajstić information content (AvgIpc) is 2.86. The molecule has 120 valence electrons. The molecule has 6 nitrogen and oxygen atoms in total. The van der Waals surface area contributed by atoms with Crippen LogP contribution in [0.2, 0.25) is 0 Å². The highest BCUT2D eigenvalue weighted by Crippen LogP contribution is 2.23. The van der Waals surface area contributed by atoms with Crippen LogP contribution in [0, 0.1) is 0 Å². The summed E-state index contributed by atoms with van der Waals surface area (Å²) >= 11 is 0. The van der Waals surface area contributed by atoms with E-state index in [4.69, 9.17) is 9.15 Å². The number of oxazole rings is 1. The third-order valence-electron chi connectivity index (χ3n) is 3.09. The van der Waals surface area contributed by atoms with Crippen LogP contribution in [-0.4, -0.2) is 27.8 Å². The van der Waals surface area contributed by atoms with Crippen molar-refractivity contribution in [3.63, 3.8) is 0 Å². The van der Waals surface area contributed by atoms with Gasteiger partial charge in [0.1, 0.15) is 11.1 Å². The molecule has 0 fully saturated rings. The van der Waals surface area contributed by atoms with E-state index in [9.17, 15) is 9.90 Å². The highest BCUT2D eigenvalue weighted by molar-refractivity contribution is 5.72. The van der Waals surface area contributed by atoms with Crippen LogP contribution in [0.15, 0.2) is 28.7 Å². The van der Waals surface area contributed by atoms with Crippen LogP contribution in [0.3, 0.4) is 0 Å². The van der Waals surface area contributed by atoms with Gasteiger partial charge in [-0.05, 0) is 39.3 Å². The minimum atomic E-state index is -1.04. The number of amides is 1. The summed E-state index contributed by atoms with van der Waals surface area (Å²) in [7, 11) is 0. The predicted octanol–water partition coefficient (Wildman–Crippen LogP) is 3.16. The van der Waals surface area contributed by atoms with Gasteiger partial charge in [0.15, 0.2) is 11.7 Å². The minimum absolute atomic E-state index is 0.184. The number of carbonyl (C=O) groups excluding carboxylic acids is 1. The summed E-state index contributed by atoms with van der Waals surface area (Å²) in [5, 5.41) is 13.1. The van der Waals surface area contributed by atoms with Crippen molar-refractivity contribution < 1.29 is 19.1 Å². The Labute approximate surface area is 129 Å². The number of ether oxygens (including phenoxy) is 1. The van der Waals surface area contributed by atoms with E-state index in [1.807, 2.05) is 19.1 Å². The first-order chi connectivity index (χ1) is 10.3. The molecule has 1 amide bonds. The number of fused-ring (bicyclic) bond motifs is 1. The van der Waals surface area contributed by atoms with E-state index in [0.717, 1.165) is 0 Å². The molecule has 22 heavy (non-hydrogen) atoms. The second kappa shape index (κ2) is 6.36. The number of carbonyl (C=O) groups is 1. The van der Waals surface area contributed by atoms with Gasteiger partial charge in [-0.3, -0.25) is 0 Å². The van der Waals surface area contributed by atoms with Gasteiger partial charge in [-0.15, -0.1) is 0 Å². The van der Waals surface area contributed by atoms with E-state index in [1.165, 1.54) is 0 Å². The van der Waals surface area contributed by atoms with Gasteiger partial charge in [-0.1, -0.05) is 19.1 Å². The van der Waals surface area contributed by atoms with Gasteiger partial charge in [0.05, 0.1) is 6.04 Å². The van der Waals surface area contributed by atoms with Gasteiger partial charge >= 0.3 is 6.09 Å². The summed E-state index contributed by atoms with van der Waals surface area (Å²) in [6.07, 6.45) is -1.10. The number of nitrogens with zero attached hydrogens (tertiary/aromatic N) is 1. The number of hydrogen-bond donors (Lipinski definition) is 2. The van der Waals surface area contributed by atoms with Crippen LogP contribution in [0.25, 0.3) is 11.1 Å². The lowest BCUT2D eigenvalue weighted by molar-refractivity contribution is 0.0387. The normalized spacial score (nSPS) is 14.6. The molecule has 1 aromatic carbocycles. The summed E-state index contributed by atoms with van der Waals surface area (Å²) in [5.41, 5.74) is 0.678. The molecule has 0 bridgehead atoms. The van der Waals surface area contributed by atoms with Crippen molar-refractivity contribution >= 4 is 17.2 Å². The van der Waals surface area contributed by atoms with Crippen molar-refractivity contribution in [3.05, 3.63) is 30.2 Å². The van der Waals surface area contributed by atoms with Crippen LogP contribution >= 0.6 is 0 Å². The highest BCUT2D eigenvalue weighted by atomic mass is 16.6. The lowest BCUT2D eigenvalue weighted by Gasteiger charge is -2.24. The van der Waals surface area contributed by atoms with Crippen LogP contribution in [0.4, 0.5) is 4.79 Å². The summed E-state index contributed by atoms with van der Waals surface area (Å²) in [5.74, 6) is 0.184. The Bertz CT molecular complexity index is 612. The van der Waals surface area contributed by atoms with Crippen molar-refractivity contribution in [1.29, 1.82) is 0 Å². The van der Waals surface area contributed by atoms with Gasteiger partial charge in [0.2, 0.25) is 5.89 Å². The van der Waals surface area contributed by atoms with Crippen molar-refractivity contribution in [3.8, 4) is 0 Å². The quantitative estimate of drug-likeness (QED) is 0.906. The molecule has 0 aliphatic rings. The fourth-order valence-electron chi connectivity index (χ4n) is 2.05. The molecule has 1 heterocycles. The van der Waals surface area contributed by atoms with Crippen molar-refractivity contribution in [2.75, 3.05) is 0 Å². The molecular weight excluding hydrogens is 284 g/mol. The molecule has 2 rings (SSSR count). The molecule has 2 atom stereocenters. The maximum Gasteiger partial charge on any atom is 0.407 e. The van der Waals surface area contributed by atoms with Gasteiger partial charge < -0.3 is 19.6 Å². The molecular formula is C16H22N2O4. The Kier molecular flexibility index (Phi) is 4.71. The SMILES string of the molecule is CC[C@H](NC(=O)OC(C)(C)C)[C@H](O)c1nc2ccccc2o1. The van der Waals surface area contributed by atoms with Gasteiger partial charge in [0.25, 0.3) is 0 Å². The Morgan fingerprint density at radius 3 is 2.68 bits per heavy atom. The standard InChI is InChI=1S/C16H22N2O4/c1-5-10(18-15(20)22-16(2,3)4)13(19)14-17-11-8-6-7-9-12(11)21-14/h6-10,13,19H,5H2,1-4H3,(H,18,20)/t10-,13-/m0/s1. The smallest absolute Gasteiger partial charge is 0.407 e. The zero-order valence-electron chi connectivity index (χ0n) is 13.3. The van der Waals surface area contributed by atoms with Crippen LogP contribution in [0.5, 0.6) is 0 Å². The zero-order chi connectivity index (χ0) is 16.3. The highest BCUT2D eigenvalue weighted by Gasteiger charge is 2.27. The maximum absolute atomic E-state index is 11.8. The molecule has 0 aliphatic heterocycles. The first-order valence-corrected chi connectivity index (χ1v) is 7.33. The second-order valence-corrected chi connectivity index (χ2v) is 6.13. The van der Waals surface area contributed by atoms with E-state index in [1.54, 1.807) is 32.9 Å². The number of rotatable bonds is 4. The summed E-state index contributed by atoms with van der Waals surface area (Å²) in [6.45, 7) is 7.20. The lowest BCUT2D eigenvalue weighted by atomic mass is 10.1. The Morgan fingerprint density at radius 2 is 2.09 bits per heavy atom. The zero-order valence-corrected chi connectivity index (χ0v) is 13.3. The van der Waals surface area contributed by atoms with E-state index < -0.39 is 23.8 Å². The fraction of sp³-hybridized carbons (Fsp3) is 0.500. The van der Waals surface area contributed by atoms with Gasteiger partial charge in [0, 0.05) is 0 Å². The third kappa shape index (κ3) is 3.98. The lowest BCUT2D eigenvalue weighted by Crippen LogP contribution is -2.42. The Hall–Kier alpha value is -2.08. The summed E-state index contributed by atoms with van der Waals surface area (Å²) in [6, 6.07) is 6.72. The van der Waals surface area contributed by atoms with Crippen molar-refractivity contribution in [2.24, 2.45) is 0 Å². The molecule has 0 saturated carbocycles. The van der Waals surface area contributed by atoms with E-state index in [0.29, 0.717) is 17.5 Å². The number of aromatic nitrogens is 1. The van der Waals surface area contributed by atoms with Crippen molar-refractivity contribution in [1.82, 2.24) is 10.3 Å². The molecule has 2 aromatic rings. The number of aliphatic hydroxyl groups is 1. The van der Waals surface area contributed by atoms with Crippen LogP contribution in [0.1, 0.15) is 46.1 Å². The van der Waals surface area contributed by atoms with E-state index in [2.05, 4.69) is 10.3 Å². The van der Waals surface area contributed by atoms with Crippen molar-refractivity contribution in [2.45, 2.75) is 51.9 Å². The minimum Gasteiger partial charge on any atom is -0.444 e. The molecule has 2 N–H and O–H groups in total. The molecule has 0 radical (unpaired) electrons. The number of nitrogens with one attached hydrogen (secondary N) is 1. The molecule has 1 aromatic heterocycles. The fourth-order valence-corrected chi connectivity index (χ4v) is 2.05. The molecule has 6 heteroatoms. The second-order valence-electron chi connectivity index (χ2n) is 6.13. The topological polar surface area (TPSA) is 84.6 Å². The van der Waals surface area contributed by atoms with Gasteiger partial charge in [-0.2, -0.15) is 0 Å². The number of para-hydroxylation sites is 2. The third-order valence-corrected chi connectivity index (χ3v) is 3.09. The predicted molar refractivity (Wildman–Crippen MR) is 82.4 cm³/mol. The van der Waals surface area contributed by atoms with E-state index in [-0.39, 0.29) is 5.89 Å². The molecule has 0 spiro atoms. The summed E-state index contributed by atoms with van der Waals surface area (Å²) < 4.78 is 10.7. The van der Waals surface area contributed by atoms with E-state index >= 15 is 0 Å². The number of benzene rings is 1. The maximum atomic E-state index is 11.8. The van der Waals surface area contributed by atoms with Crippen LogP contribution in [-0.2, 0) is 4.74 Å². The first kappa shape index (κ1) is 16.3. The first-order valence-electron chi connectivity index (χ1n) is 7.33. The van der Waals surface area contributed by atoms with Crippen LogP contribution < -0.4 is 5.32 Å². The molecule has 0 saturated heterocycles. The molecule has 0 aliphatic carbocycles. The Balaban J connectivity index is 2.11. The molecule has 0 unspecified atom stereocenters.